The van der Waals surface area contributed by atoms with Crippen LogP contribution in [-0.4, -0.2) is 62.0 Å². The Labute approximate surface area is 159 Å². The molecule has 2 heterocycles. The van der Waals surface area contributed by atoms with Gasteiger partial charge in [0, 0.05) is 36.9 Å². The van der Waals surface area contributed by atoms with Crippen LogP contribution in [0, 0.1) is 0 Å². The number of amides is 2. The molecule has 0 unspecified atom stereocenters. The third-order valence-corrected chi connectivity index (χ3v) is 4.87. The van der Waals surface area contributed by atoms with Crippen LogP contribution in [0.5, 0.6) is 0 Å². The maximum Gasteiger partial charge on any atom is 0.242 e. The zero-order valence-corrected chi connectivity index (χ0v) is 15.6. The van der Waals surface area contributed by atoms with Crippen molar-refractivity contribution in [1.82, 2.24) is 15.5 Å². The molecule has 8 heteroatoms. The first kappa shape index (κ1) is 19.8. The van der Waals surface area contributed by atoms with Crippen molar-refractivity contribution in [3.63, 3.8) is 0 Å². The summed E-state index contributed by atoms with van der Waals surface area (Å²) in [6.07, 6.45) is 1.86. The number of hydrogen-bond donors (Lipinski definition) is 2. The normalized spacial score (nSPS) is 20.1. The standard InChI is InChI=1S/C17H23ClN4O2.ClH/c18-13-3-5-14(6-4-13)21-8-10-22(11-9-21)16(23)12-20-17(24)15-2-1-7-19-15;/h3-6,15,19H,1-2,7-12H2,(H,20,24);1H/t15-;/m0./s1. The minimum Gasteiger partial charge on any atom is -0.368 e. The number of piperazine rings is 1. The minimum absolute atomic E-state index is 0. The average Bonchev–Trinajstić information content (AvgIpc) is 3.15. The Morgan fingerprint density at radius 2 is 1.84 bits per heavy atom. The molecular formula is C17H24Cl2N4O2. The molecule has 0 spiro atoms. The van der Waals surface area contributed by atoms with Crippen LogP contribution in [0.3, 0.4) is 0 Å². The summed E-state index contributed by atoms with van der Waals surface area (Å²) in [5.74, 6) is -0.0854. The van der Waals surface area contributed by atoms with Gasteiger partial charge < -0.3 is 20.4 Å². The second-order valence-electron chi connectivity index (χ2n) is 6.21. The zero-order chi connectivity index (χ0) is 16.9. The topological polar surface area (TPSA) is 64.7 Å². The van der Waals surface area contributed by atoms with E-state index >= 15 is 0 Å². The van der Waals surface area contributed by atoms with Crippen LogP contribution >= 0.6 is 24.0 Å². The lowest BCUT2D eigenvalue weighted by Gasteiger charge is -2.36. The highest BCUT2D eigenvalue weighted by atomic mass is 35.5. The van der Waals surface area contributed by atoms with Gasteiger partial charge in [0.2, 0.25) is 11.8 Å². The highest BCUT2D eigenvalue weighted by molar-refractivity contribution is 6.30. The number of nitrogens with zero attached hydrogens (tertiary/aromatic N) is 2. The van der Waals surface area contributed by atoms with E-state index in [1.54, 1.807) is 0 Å². The third kappa shape index (κ3) is 5.23. The molecule has 0 aliphatic carbocycles. The number of nitrogens with one attached hydrogen (secondary N) is 2. The van der Waals surface area contributed by atoms with E-state index in [-0.39, 0.29) is 36.8 Å². The summed E-state index contributed by atoms with van der Waals surface area (Å²) in [6.45, 7) is 3.85. The third-order valence-electron chi connectivity index (χ3n) is 4.61. The van der Waals surface area contributed by atoms with Crippen molar-refractivity contribution < 1.29 is 9.59 Å². The monoisotopic (exact) mass is 386 g/mol. The van der Waals surface area contributed by atoms with Crippen LogP contribution in [0.4, 0.5) is 5.69 Å². The Hall–Kier alpha value is -1.50. The number of benzene rings is 1. The van der Waals surface area contributed by atoms with Crippen LogP contribution in [0.2, 0.25) is 5.02 Å². The Morgan fingerprint density at radius 1 is 1.16 bits per heavy atom. The molecule has 6 nitrogen and oxygen atoms in total. The van der Waals surface area contributed by atoms with Crippen molar-refractivity contribution in [1.29, 1.82) is 0 Å². The molecular weight excluding hydrogens is 363 g/mol. The maximum atomic E-state index is 12.3. The van der Waals surface area contributed by atoms with Crippen LogP contribution in [0.25, 0.3) is 0 Å². The average molecular weight is 387 g/mol. The number of hydrogen-bond acceptors (Lipinski definition) is 4. The van der Waals surface area contributed by atoms with Gasteiger partial charge in [-0.05, 0) is 43.7 Å². The summed E-state index contributed by atoms with van der Waals surface area (Å²) < 4.78 is 0. The fourth-order valence-corrected chi connectivity index (χ4v) is 3.30. The Kier molecular flexibility index (Phi) is 7.35. The van der Waals surface area contributed by atoms with Crippen molar-refractivity contribution in [2.75, 3.05) is 44.2 Å². The maximum absolute atomic E-state index is 12.3. The predicted molar refractivity (Wildman–Crippen MR) is 102 cm³/mol. The van der Waals surface area contributed by atoms with Crippen molar-refractivity contribution in [2.24, 2.45) is 0 Å². The van der Waals surface area contributed by atoms with E-state index in [0.717, 1.165) is 43.2 Å². The molecule has 1 aromatic rings. The fraction of sp³-hybridized carbons (Fsp3) is 0.529. The molecule has 0 bridgehead atoms. The van der Waals surface area contributed by atoms with E-state index in [2.05, 4.69) is 15.5 Å². The number of halogens is 2. The first-order valence-corrected chi connectivity index (χ1v) is 8.80. The lowest BCUT2D eigenvalue weighted by atomic mass is 10.2. The summed E-state index contributed by atoms with van der Waals surface area (Å²) in [4.78, 5) is 28.2. The van der Waals surface area contributed by atoms with Gasteiger partial charge in [0.05, 0.1) is 12.6 Å². The lowest BCUT2D eigenvalue weighted by Crippen LogP contribution is -2.52. The summed E-state index contributed by atoms with van der Waals surface area (Å²) in [5.41, 5.74) is 1.12. The highest BCUT2D eigenvalue weighted by Gasteiger charge is 2.24. The van der Waals surface area contributed by atoms with Crippen LogP contribution in [0.15, 0.2) is 24.3 Å². The molecule has 138 valence electrons. The second kappa shape index (κ2) is 9.27. The van der Waals surface area contributed by atoms with Gasteiger partial charge in [-0.1, -0.05) is 11.6 Å². The number of carbonyl (C=O) groups excluding carboxylic acids is 2. The van der Waals surface area contributed by atoms with E-state index in [4.69, 9.17) is 11.6 Å². The van der Waals surface area contributed by atoms with Gasteiger partial charge in [0.15, 0.2) is 0 Å². The van der Waals surface area contributed by atoms with Gasteiger partial charge in [0.1, 0.15) is 0 Å². The molecule has 0 radical (unpaired) electrons. The fourth-order valence-electron chi connectivity index (χ4n) is 3.17. The Bertz CT molecular complexity index is 583. The minimum atomic E-state index is -0.139. The summed E-state index contributed by atoms with van der Waals surface area (Å²) in [6, 6.07) is 7.60. The highest BCUT2D eigenvalue weighted by Crippen LogP contribution is 2.19. The second-order valence-corrected chi connectivity index (χ2v) is 6.65. The van der Waals surface area contributed by atoms with Crippen LogP contribution in [0.1, 0.15) is 12.8 Å². The molecule has 2 fully saturated rings. The molecule has 2 saturated heterocycles. The number of carbonyl (C=O) groups is 2. The molecule has 25 heavy (non-hydrogen) atoms. The summed E-state index contributed by atoms with van der Waals surface area (Å²) >= 11 is 5.91. The quantitative estimate of drug-likeness (QED) is 0.817. The number of anilines is 1. The van der Waals surface area contributed by atoms with Crippen molar-refractivity contribution in [2.45, 2.75) is 18.9 Å². The van der Waals surface area contributed by atoms with E-state index in [9.17, 15) is 9.59 Å². The smallest absolute Gasteiger partial charge is 0.242 e. The first-order chi connectivity index (χ1) is 11.6. The van der Waals surface area contributed by atoms with Gasteiger partial charge in [-0.3, -0.25) is 9.59 Å². The van der Waals surface area contributed by atoms with Gasteiger partial charge in [-0.15, -0.1) is 12.4 Å². The summed E-state index contributed by atoms with van der Waals surface area (Å²) in [5, 5.41) is 6.61. The van der Waals surface area contributed by atoms with Gasteiger partial charge in [-0.25, -0.2) is 0 Å². The van der Waals surface area contributed by atoms with Gasteiger partial charge in [-0.2, -0.15) is 0 Å². The molecule has 1 aromatic carbocycles. The van der Waals surface area contributed by atoms with E-state index < -0.39 is 0 Å². The zero-order valence-electron chi connectivity index (χ0n) is 14.0. The Balaban J connectivity index is 0.00000225. The largest absolute Gasteiger partial charge is 0.368 e. The predicted octanol–water partition coefficient (Wildman–Crippen LogP) is 1.28. The van der Waals surface area contributed by atoms with Crippen molar-refractivity contribution in [3.8, 4) is 0 Å². The van der Waals surface area contributed by atoms with Crippen LogP contribution < -0.4 is 15.5 Å². The van der Waals surface area contributed by atoms with Crippen molar-refractivity contribution >= 4 is 41.5 Å². The van der Waals surface area contributed by atoms with E-state index in [1.165, 1.54) is 0 Å². The van der Waals surface area contributed by atoms with Gasteiger partial charge >= 0.3 is 0 Å². The Morgan fingerprint density at radius 3 is 2.44 bits per heavy atom. The molecule has 2 aliphatic heterocycles. The molecule has 3 rings (SSSR count). The summed E-state index contributed by atoms with van der Waals surface area (Å²) in [7, 11) is 0. The molecule has 2 aliphatic rings. The molecule has 2 amide bonds. The SMILES string of the molecule is Cl.O=C(NCC(=O)N1CCN(c2ccc(Cl)cc2)CC1)[C@@H]1CCCN1. The molecule has 2 N–H and O–H groups in total. The molecule has 0 saturated carbocycles. The molecule has 0 aromatic heterocycles. The van der Waals surface area contributed by atoms with E-state index in [1.807, 2.05) is 29.2 Å². The molecule has 1 atom stereocenters. The van der Waals surface area contributed by atoms with E-state index in [0.29, 0.717) is 13.1 Å². The number of rotatable bonds is 4. The lowest BCUT2D eigenvalue weighted by molar-refractivity contribution is -0.133. The van der Waals surface area contributed by atoms with Crippen LogP contribution in [-0.2, 0) is 9.59 Å². The van der Waals surface area contributed by atoms with Gasteiger partial charge in [0.25, 0.3) is 0 Å². The first-order valence-electron chi connectivity index (χ1n) is 8.43. The van der Waals surface area contributed by atoms with Crippen molar-refractivity contribution in [3.05, 3.63) is 29.3 Å².